The van der Waals surface area contributed by atoms with E-state index in [0.717, 1.165) is 30.8 Å². The molecule has 0 saturated heterocycles. The lowest BCUT2D eigenvalue weighted by Crippen LogP contribution is -1.98. The second kappa shape index (κ2) is 5.46. The summed E-state index contributed by atoms with van der Waals surface area (Å²) in [6.45, 7) is 11.1. The van der Waals surface area contributed by atoms with E-state index in [-0.39, 0.29) is 0 Å². The zero-order valence-corrected chi connectivity index (χ0v) is 11.2. The first kappa shape index (κ1) is 12.3. The van der Waals surface area contributed by atoms with Gasteiger partial charge in [-0.2, -0.15) is 0 Å². The van der Waals surface area contributed by atoms with Crippen molar-refractivity contribution in [3.05, 3.63) is 48.1 Å². The van der Waals surface area contributed by atoms with Crippen molar-refractivity contribution < 1.29 is 0 Å². The Hall–Kier alpha value is -1.15. The standard InChI is InChI=1S/C15H19NS/c1-4-11(2)7-8-17-14-5-6-15-12(3)16-10-13(15)9-14/h5-6,9,16H,2-4,7-8,10H2,1H3. The number of fused-ring (bicyclic) bond motifs is 1. The van der Waals surface area contributed by atoms with Crippen LogP contribution in [-0.4, -0.2) is 5.75 Å². The summed E-state index contributed by atoms with van der Waals surface area (Å²) in [5, 5.41) is 3.28. The molecule has 0 fully saturated rings. The van der Waals surface area contributed by atoms with E-state index in [0.29, 0.717) is 0 Å². The molecule has 1 aromatic rings. The third-order valence-electron chi connectivity index (χ3n) is 3.12. The molecule has 1 aliphatic heterocycles. The van der Waals surface area contributed by atoms with Crippen molar-refractivity contribution >= 4 is 17.5 Å². The van der Waals surface area contributed by atoms with Gasteiger partial charge in [0.15, 0.2) is 0 Å². The maximum atomic E-state index is 4.04. The Morgan fingerprint density at radius 2 is 2.29 bits per heavy atom. The molecule has 0 radical (unpaired) electrons. The third-order valence-corrected chi connectivity index (χ3v) is 4.11. The van der Waals surface area contributed by atoms with Gasteiger partial charge in [0.05, 0.1) is 0 Å². The monoisotopic (exact) mass is 245 g/mol. The van der Waals surface area contributed by atoms with Gasteiger partial charge in [0.2, 0.25) is 0 Å². The molecule has 1 aromatic carbocycles. The van der Waals surface area contributed by atoms with Gasteiger partial charge in [-0.25, -0.2) is 0 Å². The predicted octanol–water partition coefficient (Wildman–Crippen LogP) is 4.21. The van der Waals surface area contributed by atoms with E-state index in [1.54, 1.807) is 0 Å². The van der Waals surface area contributed by atoms with Crippen molar-refractivity contribution in [2.75, 3.05) is 5.75 Å². The highest BCUT2D eigenvalue weighted by atomic mass is 32.2. The van der Waals surface area contributed by atoms with Crippen LogP contribution in [0.4, 0.5) is 0 Å². The van der Waals surface area contributed by atoms with E-state index in [4.69, 9.17) is 0 Å². The highest BCUT2D eigenvalue weighted by Gasteiger charge is 2.13. The minimum absolute atomic E-state index is 0.921. The van der Waals surface area contributed by atoms with E-state index in [1.165, 1.54) is 21.6 Å². The molecule has 0 saturated carbocycles. The van der Waals surface area contributed by atoms with E-state index >= 15 is 0 Å². The van der Waals surface area contributed by atoms with Gasteiger partial charge < -0.3 is 5.32 Å². The van der Waals surface area contributed by atoms with Crippen LogP contribution in [0.25, 0.3) is 5.70 Å². The second-order valence-electron chi connectivity index (χ2n) is 4.35. The molecule has 2 heteroatoms. The number of hydrogen-bond donors (Lipinski definition) is 1. The molecule has 1 N–H and O–H groups in total. The van der Waals surface area contributed by atoms with Gasteiger partial charge in [-0.15, -0.1) is 11.8 Å². The summed E-state index contributed by atoms with van der Waals surface area (Å²) < 4.78 is 0. The van der Waals surface area contributed by atoms with Gasteiger partial charge in [0.1, 0.15) is 0 Å². The molecule has 0 unspecified atom stereocenters. The minimum atomic E-state index is 0.921. The molecule has 0 spiro atoms. The molecule has 17 heavy (non-hydrogen) atoms. The topological polar surface area (TPSA) is 12.0 Å². The van der Waals surface area contributed by atoms with Crippen molar-refractivity contribution in [3.8, 4) is 0 Å². The normalized spacial score (nSPS) is 13.4. The van der Waals surface area contributed by atoms with Crippen molar-refractivity contribution in [3.63, 3.8) is 0 Å². The lowest BCUT2D eigenvalue weighted by atomic mass is 10.1. The Bertz CT molecular complexity index is 448. The van der Waals surface area contributed by atoms with Gasteiger partial charge in [-0.05, 0) is 30.5 Å². The average molecular weight is 245 g/mol. The van der Waals surface area contributed by atoms with E-state index in [1.807, 2.05) is 11.8 Å². The first-order chi connectivity index (χ1) is 8.20. The second-order valence-corrected chi connectivity index (χ2v) is 5.52. The lowest BCUT2D eigenvalue weighted by Gasteiger charge is -2.05. The highest BCUT2D eigenvalue weighted by molar-refractivity contribution is 7.99. The minimum Gasteiger partial charge on any atom is -0.381 e. The van der Waals surface area contributed by atoms with Crippen LogP contribution < -0.4 is 5.32 Å². The van der Waals surface area contributed by atoms with E-state index in [9.17, 15) is 0 Å². The fraction of sp³-hybridized carbons (Fsp3) is 0.333. The summed E-state index contributed by atoms with van der Waals surface area (Å²) in [7, 11) is 0. The molecule has 0 aliphatic carbocycles. The van der Waals surface area contributed by atoms with Gasteiger partial charge in [-0.1, -0.05) is 31.7 Å². The van der Waals surface area contributed by atoms with E-state index in [2.05, 4.69) is 43.6 Å². The molecule has 1 heterocycles. The number of hydrogen-bond acceptors (Lipinski definition) is 2. The van der Waals surface area contributed by atoms with Crippen molar-refractivity contribution in [1.29, 1.82) is 0 Å². The Labute approximate surface area is 108 Å². The van der Waals surface area contributed by atoms with Crippen LogP contribution in [0.1, 0.15) is 30.9 Å². The lowest BCUT2D eigenvalue weighted by molar-refractivity contribution is 0.942. The molecule has 0 atom stereocenters. The SMILES string of the molecule is C=C(CC)CCSc1ccc2c(c1)CNC2=C. The Kier molecular flexibility index (Phi) is 3.95. The fourth-order valence-electron chi connectivity index (χ4n) is 1.89. The van der Waals surface area contributed by atoms with Crippen LogP contribution in [0, 0.1) is 0 Å². The van der Waals surface area contributed by atoms with Gasteiger partial charge in [0, 0.05) is 28.5 Å². The maximum absolute atomic E-state index is 4.04. The van der Waals surface area contributed by atoms with Crippen molar-refractivity contribution in [2.24, 2.45) is 0 Å². The Balaban J connectivity index is 1.95. The molecule has 1 nitrogen and oxygen atoms in total. The summed E-state index contributed by atoms with van der Waals surface area (Å²) in [5.74, 6) is 1.12. The van der Waals surface area contributed by atoms with Crippen LogP contribution in [0.3, 0.4) is 0 Å². The third kappa shape index (κ3) is 2.95. The highest BCUT2D eigenvalue weighted by Crippen LogP contribution is 2.28. The van der Waals surface area contributed by atoms with Crippen LogP contribution in [0.15, 0.2) is 41.8 Å². The maximum Gasteiger partial charge on any atom is 0.0407 e. The Morgan fingerprint density at radius 3 is 3.06 bits per heavy atom. The van der Waals surface area contributed by atoms with Gasteiger partial charge >= 0.3 is 0 Å². The summed E-state index contributed by atoms with van der Waals surface area (Å²) in [6, 6.07) is 6.64. The number of benzene rings is 1. The number of thioether (sulfide) groups is 1. The summed E-state index contributed by atoms with van der Waals surface area (Å²) >= 11 is 1.91. The first-order valence-electron chi connectivity index (χ1n) is 6.06. The summed E-state index contributed by atoms with van der Waals surface area (Å²) in [6.07, 6.45) is 2.21. The quantitative estimate of drug-likeness (QED) is 0.616. The summed E-state index contributed by atoms with van der Waals surface area (Å²) in [5.41, 5.74) is 5.03. The predicted molar refractivity (Wildman–Crippen MR) is 77.1 cm³/mol. The van der Waals surface area contributed by atoms with Crippen LogP contribution in [-0.2, 0) is 6.54 Å². The molecule has 0 bridgehead atoms. The zero-order valence-electron chi connectivity index (χ0n) is 10.4. The van der Waals surface area contributed by atoms with Crippen molar-refractivity contribution in [1.82, 2.24) is 5.32 Å². The molecule has 90 valence electrons. The molecule has 0 aromatic heterocycles. The van der Waals surface area contributed by atoms with Gasteiger partial charge in [-0.3, -0.25) is 0 Å². The largest absolute Gasteiger partial charge is 0.381 e. The first-order valence-corrected chi connectivity index (χ1v) is 7.04. The number of nitrogens with one attached hydrogen (secondary N) is 1. The van der Waals surface area contributed by atoms with Crippen molar-refractivity contribution in [2.45, 2.75) is 31.2 Å². The smallest absolute Gasteiger partial charge is 0.0407 e. The molecule has 0 amide bonds. The molecule has 2 rings (SSSR count). The Morgan fingerprint density at radius 1 is 1.47 bits per heavy atom. The zero-order chi connectivity index (χ0) is 12.3. The van der Waals surface area contributed by atoms with Crippen LogP contribution >= 0.6 is 11.8 Å². The van der Waals surface area contributed by atoms with Gasteiger partial charge in [0.25, 0.3) is 0 Å². The summed E-state index contributed by atoms with van der Waals surface area (Å²) in [4.78, 5) is 1.35. The number of allylic oxidation sites excluding steroid dienone is 1. The fourth-order valence-corrected chi connectivity index (χ4v) is 2.90. The van der Waals surface area contributed by atoms with Crippen LogP contribution in [0.2, 0.25) is 0 Å². The average Bonchev–Trinajstić information content (AvgIpc) is 2.70. The molecule has 1 aliphatic rings. The van der Waals surface area contributed by atoms with E-state index < -0.39 is 0 Å². The molecular formula is C15H19NS. The van der Waals surface area contributed by atoms with Crippen LogP contribution in [0.5, 0.6) is 0 Å². The number of rotatable bonds is 5. The molecular weight excluding hydrogens is 226 g/mol.